The third kappa shape index (κ3) is 3.18. The summed E-state index contributed by atoms with van der Waals surface area (Å²) in [6, 6.07) is 3.68. The highest BCUT2D eigenvalue weighted by Crippen LogP contribution is 2.23. The molecule has 0 aromatic carbocycles. The first kappa shape index (κ1) is 11.9. The smallest absolute Gasteiger partial charge is 0.141 e. The number of aliphatic hydroxyl groups excluding tert-OH is 1. The van der Waals surface area contributed by atoms with Crippen LogP contribution in [0.3, 0.4) is 0 Å². The molecule has 1 atom stereocenters. The van der Waals surface area contributed by atoms with E-state index in [1.807, 2.05) is 19.1 Å². The molecule has 0 spiro atoms. The molecule has 1 aromatic rings. The average Bonchev–Trinajstić information content (AvgIpc) is 2.29. The summed E-state index contributed by atoms with van der Waals surface area (Å²) in [6.45, 7) is 3.07. The van der Waals surface area contributed by atoms with Crippen LogP contribution in [0.4, 0.5) is 0 Å². The monoisotopic (exact) mass is 210 g/mol. The summed E-state index contributed by atoms with van der Waals surface area (Å²) < 4.78 is 5.54. The second-order valence-electron chi connectivity index (χ2n) is 3.35. The van der Waals surface area contributed by atoms with Crippen molar-refractivity contribution in [2.45, 2.75) is 19.3 Å². The van der Waals surface area contributed by atoms with Crippen LogP contribution >= 0.6 is 0 Å². The average molecular weight is 210 g/mol. The lowest BCUT2D eigenvalue weighted by Gasteiger charge is -2.15. The van der Waals surface area contributed by atoms with E-state index in [-0.39, 0.29) is 12.5 Å². The highest BCUT2D eigenvalue weighted by Gasteiger charge is 2.14. The minimum absolute atomic E-state index is 0.00397. The molecule has 15 heavy (non-hydrogen) atoms. The molecule has 0 saturated carbocycles. The van der Waals surface area contributed by atoms with Crippen LogP contribution in [-0.2, 0) is 0 Å². The molecule has 4 nitrogen and oxygen atoms in total. The van der Waals surface area contributed by atoms with Crippen molar-refractivity contribution in [1.29, 1.82) is 0 Å². The van der Waals surface area contributed by atoms with E-state index in [0.29, 0.717) is 13.2 Å². The number of pyridine rings is 1. The Morgan fingerprint density at radius 1 is 1.60 bits per heavy atom. The van der Waals surface area contributed by atoms with Crippen molar-refractivity contribution in [3.05, 3.63) is 24.0 Å². The quantitative estimate of drug-likeness (QED) is 0.732. The van der Waals surface area contributed by atoms with Crippen LogP contribution in [0.2, 0.25) is 0 Å². The van der Waals surface area contributed by atoms with Crippen LogP contribution in [0.25, 0.3) is 0 Å². The molecule has 0 radical (unpaired) electrons. The van der Waals surface area contributed by atoms with Crippen molar-refractivity contribution in [2.75, 3.05) is 19.8 Å². The molecule has 1 rings (SSSR count). The van der Waals surface area contributed by atoms with Crippen LogP contribution in [-0.4, -0.2) is 29.8 Å². The molecule has 0 aliphatic carbocycles. The predicted molar refractivity (Wildman–Crippen MR) is 58.9 cm³/mol. The van der Waals surface area contributed by atoms with Gasteiger partial charge in [0.05, 0.1) is 18.9 Å². The molecule has 4 heteroatoms. The molecule has 1 heterocycles. The van der Waals surface area contributed by atoms with Gasteiger partial charge in [-0.2, -0.15) is 0 Å². The molecule has 84 valence electrons. The third-order valence-electron chi connectivity index (χ3n) is 2.15. The fourth-order valence-corrected chi connectivity index (χ4v) is 1.32. The first-order valence-corrected chi connectivity index (χ1v) is 5.22. The first-order valence-electron chi connectivity index (χ1n) is 5.22. The minimum Gasteiger partial charge on any atom is -0.492 e. The van der Waals surface area contributed by atoms with Crippen molar-refractivity contribution in [3.8, 4) is 5.75 Å². The summed E-state index contributed by atoms with van der Waals surface area (Å²) in [6.07, 6.45) is 2.63. The Morgan fingerprint density at radius 2 is 2.40 bits per heavy atom. The molecule has 0 aliphatic rings. The van der Waals surface area contributed by atoms with Gasteiger partial charge in [0.2, 0.25) is 0 Å². The topological polar surface area (TPSA) is 68.4 Å². The van der Waals surface area contributed by atoms with E-state index in [9.17, 15) is 0 Å². The van der Waals surface area contributed by atoms with Gasteiger partial charge in [0.15, 0.2) is 0 Å². The summed E-state index contributed by atoms with van der Waals surface area (Å²) in [7, 11) is 0. The van der Waals surface area contributed by atoms with Crippen LogP contribution in [0.1, 0.15) is 25.0 Å². The van der Waals surface area contributed by atoms with Gasteiger partial charge < -0.3 is 15.6 Å². The molecule has 0 saturated heterocycles. The molecule has 0 fully saturated rings. The maximum atomic E-state index is 9.15. The number of aromatic nitrogens is 1. The Balaban J connectivity index is 2.84. The zero-order chi connectivity index (χ0) is 11.1. The lowest BCUT2D eigenvalue weighted by atomic mass is 10.1. The molecular weight excluding hydrogens is 192 g/mol. The highest BCUT2D eigenvalue weighted by molar-refractivity contribution is 5.30. The number of rotatable bonds is 6. The van der Waals surface area contributed by atoms with Crippen molar-refractivity contribution in [3.63, 3.8) is 0 Å². The first-order chi connectivity index (χ1) is 7.33. The fourth-order valence-electron chi connectivity index (χ4n) is 1.32. The van der Waals surface area contributed by atoms with E-state index in [1.54, 1.807) is 6.20 Å². The normalized spacial score (nSPS) is 12.5. The van der Waals surface area contributed by atoms with Gasteiger partial charge >= 0.3 is 0 Å². The second kappa shape index (κ2) is 6.37. The lowest BCUT2D eigenvalue weighted by Crippen LogP contribution is -2.18. The molecule has 0 amide bonds. The zero-order valence-electron chi connectivity index (χ0n) is 9.02. The van der Waals surface area contributed by atoms with Crippen LogP contribution in [0, 0.1) is 0 Å². The highest BCUT2D eigenvalue weighted by atomic mass is 16.5. The van der Waals surface area contributed by atoms with Gasteiger partial charge in [0, 0.05) is 18.7 Å². The number of aliphatic hydroxyl groups is 1. The van der Waals surface area contributed by atoms with E-state index in [4.69, 9.17) is 15.6 Å². The molecular formula is C11H18N2O2. The standard InChI is InChI=1S/C11H18N2O2/c1-2-6-15-10-4-3-5-13-11(10)9(7-12)8-14/h3-5,9,14H,2,6-8,12H2,1H3. The SMILES string of the molecule is CCCOc1cccnc1C(CN)CO. The number of nitrogens with two attached hydrogens (primary N) is 1. The number of nitrogens with zero attached hydrogens (tertiary/aromatic N) is 1. The van der Waals surface area contributed by atoms with Gasteiger partial charge in [0.25, 0.3) is 0 Å². The molecule has 0 bridgehead atoms. The van der Waals surface area contributed by atoms with Crippen molar-refractivity contribution >= 4 is 0 Å². The van der Waals surface area contributed by atoms with E-state index in [1.165, 1.54) is 0 Å². The maximum absolute atomic E-state index is 9.15. The Labute approximate surface area is 90.1 Å². The lowest BCUT2D eigenvalue weighted by molar-refractivity contribution is 0.256. The summed E-state index contributed by atoms with van der Waals surface area (Å²) in [4.78, 5) is 4.21. The predicted octanol–water partition coefficient (Wildman–Crippen LogP) is 0.905. The summed E-state index contributed by atoms with van der Waals surface area (Å²) in [5.74, 6) is 0.585. The summed E-state index contributed by atoms with van der Waals surface area (Å²) in [5, 5.41) is 9.15. The van der Waals surface area contributed by atoms with Crippen LogP contribution in [0.15, 0.2) is 18.3 Å². The van der Waals surface area contributed by atoms with E-state index >= 15 is 0 Å². The number of ether oxygens (including phenoxy) is 1. The van der Waals surface area contributed by atoms with Crippen molar-refractivity contribution in [1.82, 2.24) is 4.98 Å². The van der Waals surface area contributed by atoms with Gasteiger partial charge in [-0.3, -0.25) is 4.98 Å². The summed E-state index contributed by atoms with van der Waals surface area (Å²) >= 11 is 0. The Bertz CT molecular complexity index is 288. The van der Waals surface area contributed by atoms with E-state index in [2.05, 4.69) is 4.98 Å². The van der Waals surface area contributed by atoms with Crippen molar-refractivity contribution < 1.29 is 9.84 Å². The van der Waals surface area contributed by atoms with Gasteiger partial charge in [-0.15, -0.1) is 0 Å². The maximum Gasteiger partial charge on any atom is 0.141 e. The summed E-state index contributed by atoms with van der Waals surface area (Å²) in [5.41, 5.74) is 6.30. The zero-order valence-corrected chi connectivity index (χ0v) is 9.02. The van der Waals surface area contributed by atoms with Gasteiger partial charge in [0.1, 0.15) is 5.75 Å². The number of hydrogen-bond acceptors (Lipinski definition) is 4. The molecule has 0 aliphatic heterocycles. The van der Waals surface area contributed by atoms with Crippen molar-refractivity contribution in [2.24, 2.45) is 5.73 Å². The molecule has 1 unspecified atom stereocenters. The molecule has 3 N–H and O–H groups in total. The van der Waals surface area contributed by atoms with Gasteiger partial charge in [-0.25, -0.2) is 0 Å². The van der Waals surface area contributed by atoms with Gasteiger partial charge in [-0.05, 0) is 18.6 Å². The number of hydrogen-bond donors (Lipinski definition) is 2. The van der Waals surface area contributed by atoms with E-state index < -0.39 is 0 Å². The Kier molecular flexibility index (Phi) is 5.07. The molecule has 1 aromatic heterocycles. The largest absolute Gasteiger partial charge is 0.492 e. The van der Waals surface area contributed by atoms with Crippen LogP contribution < -0.4 is 10.5 Å². The Hall–Kier alpha value is -1.13. The fraction of sp³-hybridized carbons (Fsp3) is 0.545. The Morgan fingerprint density at radius 3 is 3.00 bits per heavy atom. The minimum atomic E-state index is -0.141. The van der Waals surface area contributed by atoms with Crippen LogP contribution in [0.5, 0.6) is 5.75 Å². The second-order valence-corrected chi connectivity index (χ2v) is 3.35. The van der Waals surface area contributed by atoms with Gasteiger partial charge in [-0.1, -0.05) is 6.92 Å². The third-order valence-corrected chi connectivity index (χ3v) is 2.15. The van der Waals surface area contributed by atoms with E-state index in [0.717, 1.165) is 17.9 Å².